The third kappa shape index (κ3) is 7.18. The van der Waals surface area contributed by atoms with E-state index in [0.717, 1.165) is 29.1 Å². The van der Waals surface area contributed by atoms with Gasteiger partial charge in [0.05, 0.1) is 10.6 Å². The second-order valence-electron chi connectivity index (χ2n) is 5.16. The maximum Gasteiger partial charge on any atom is 0.416 e. The van der Waals surface area contributed by atoms with Crippen LogP contribution in [0.1, 0.15) is 21.0 Å². The van der Waals surface area contributed by atoms with E-state index in [1.54, 1.807) is 18.4 Å². The highest BCUT2D eigenvalue weighted by atomic mass is 127. The van der Waals surface area contributed by atoms with Gasteiger partial charge in [-0.25, -0.2) is 4.98 Å². The highest BCUT2D eigenvalue weighted by molar-refractivity contribution is 14.0. The Balaban J connectivity index is 0.00000312. The maximum absolute atomic E-state index is 12.5. The number of nitrogens with zero attached hydrogens (tertiary/aromatic N) is 2. The van der Waals surface area contributed by atoms with E-state index in [-0.39, 0.29) is 24.0 Å². The molecule has 1 heterocycles. The second kappa shape index (κ2) is 9.95. The first-order chi connectivity index (χ1) is 11.4. The standard InChI is InChI=1S/C16H19F3N4S.HI/c1-11-9-22-14(24-11)7-8-21-15(20-2)23-10-12-3-5-13(6-4-12)16(17,18)19;/h3-6,9H,7-8,10H2,1-2H3,(H2,20,21,23);1H. The zero-order chi connectivity index (χ0) is 17.6. The Morgan fingerprint density at radius 3 is 2.40 bits per heavy atom. The molecule has 0 fully saturated rings. The first-order valence-corrected chi connectivity index (χ1v) is 8.22. The lowest BCUT2D eigenvalue weighted by Gasteiger charge is -2.12. The molecule has 0 spiro atoms. The number of guanidine groups is 1. The van der Waals surface area contributed by atoms with Gasteiger partial charge < -0.3 is 10.6 Å². The largest absolute Gasteiger partial charge is 0.416 e. The average molecular weight is 484 g/mol. The molecule has 2 rings (SSSR count). The zero-order valence-electron chi connectivity index (χ0n) is 13.9. The number of rotatable bonds is 5. The molecule has 0 aliphatic heterocycles. The van der Waals surface area contributed by atoms with Gasteiger partial charge in [0.25, 0.3) is 0 Å². The predicted octanol–water partition coefficient (Wildman–Crippen LogP) is 4.00. The number of hydrogen-bond donors (Lipinski definition) is 2. The van der Waals surface area contributed by atoms with Crippen molar-refractivity contribution in [2.24, 2.45) is 4.99 Å². The van der Waals surface area contributed by atoms with Crippen LogP contribution in [-0.2, 0) is 19.1 Å². The van der Waals surface area contributed by atoms with Gasteiger partial charge in [0.15, 0.2) is 5.96 Å². The monoisotopic (exact) mass is 484 g/mol. The molecule has 25 heavy (non-hydrogen) atoms. The molecule has 0 radical (unpaired) electrons. The molecular weight excluding hydrogens is 464 g/mol. The van der Waals surface area contributed by atoms with E-state index in [1.807, 2.05) is 13.1 Å². The van der Waals surface area contributed by atoms with Crippen LogP contribution >= 0.6 is 35.3 Å². The van der Waals surface area contributed by atoms with Gasteiger partial charge in [0, 0.05) is 37.6 Å². The molecule has 4 nitrogen and oxygen atoms in total. The number of halogens is 4. The van der Waals surface area contributed by atoms with Crippen LogP contribution in [0.25, 0.3) is 0 Å². The Hall–Kier alpha value is -1.36. The molecule has 2 aromatic rings. The van der Waals surface area contributed by atoms with Crippen LogP contribution < -0.4 is 10.6 Å². The van der Waals surface area contributed by atoms with Gasteiger partial charge in [-0.3, -0.25) is 4.99 Å². The van der Waals surface area contributed by atoms with E-state index < -0.39 is 11.7 Å². The molecule has 0 aliphatic carbocycles. The second-order valence-corrected chi connectivity index (χ2v) is 6.48. The Kier molecular flexibility index (Phi) is 8.63. The van der Waals surface area contributed by atoms with E-state index in [2.05, 4.69) is 20.6 Å². The number of aryl methyl sites for hydroxylation is 1. The summed E-state index contributed by atoms with van der Waals surface area (Å²) < 4.78 is 37.6. The Morgan fingerprint density at radius 2 is 1.88 bits per heavy atom. The summed E-state index contributed by atoms with van der Waals surface area (Å²) in [6.45, 7) is 3.09. The van der Waals surface area contributed by atoms with Gasteiger partial charge >= 0.3 is 6.18 Å². The molecule has 138 valence electrons. The third-order valence-corrected chi connectivity index (χ3v) is 4.24. The summed E-state index contributed by atoms with van der Waals surface area (Å²) in [5, 5.41) is 7.29. The van der Waals surface area contributed by atoms with Gasteiger partial charge in [0.2, 0.25) is 0 Å². The fourth-order valence-electron chi connectivity index (χ4n) is 2.02. The van der Waals surface area contributed by atoms with Crippen LogP contribution in [0.4, 0.5) is 13.2 Å². The minimum atomic E-state index is -4.31. The zero-order valence-corrected chi connectivity index (χ0v) is 17.0. The number of aliphatic imine (C=N–C) groups is 1. The van der Waals surface area contributed by atoms with E-state index >= 15 is 0 Å². The van der Waals surface area contributed by atoms with E-state index in [9.17, 15) is 13.2 Å². The maximum atomic E-state index is 12.5. The highest BCUT2D eigenvalue weighted by Gasteiger charge is 2.29. The van der Waals surface area contributed by atoms with Crippen LogP contribution in [0.3, 0.4) is 0 Å². The fraction of sp³-hybridized carbons (Fsp3) is 0.375. The van der Waals surface area contributed by atoms with Gasteiger partial charge in [-0.1, -0.05) is 12.1 Å². The Morgan fingerprint density at radius 1 is 1.20 bits per heavy atom. The van der Waals surface area contributed by atoms with Crippen LogP contribution in [0, 0.1) is 6.92 Å². The molecule has 0 atom stereocenters. The topological polar surface area (TPSA) is 49.3 Å². The summed E-state index contributed by atoms with van der Waals surface area (Å²) in [5.74, 6) is 0.600. The summed E-state index contributed by atoms with van der Waals surface area (Å²) in [6, 6.07) is 5.08. The molecule has 1 aromatic heterocycles. The normalized spacial score (nSPS) is 11.8. The highest BCUT2D eigenvalue weighted by Crippen LogP contribution is 2.29. The van der Waals surface area contributed by atoms with Crippen LogP contribution in [0.5, 0.6) is 0 Å². The molecule has 2 N–H and O–H groups in total. The SMILES string of the molecule is CN=C(NCCc1ncc(C)s1)NCc1ccc(C(F)(F)F)cc1.I. The van der Waals surface area contributed by atoms with Crippen molar-refractivity contribution < 1.29 is 13.2 Å². The summed E-state index contributed by atoms with van der Waals surface area (Å²) in [4.78, 5) is 9.56. The molecule has 0 saturated carbocycles. The third-order valence-electron chi connectivity index (χ3n) is 3.27. The number of aromatic nitrogens is 1. The quantitative estimate of drug-likeness (QED) is 0.384. The summed E-state index contributed by atoms with van der Waals surface area (Å²) >= 11 is 1.66. The number of alkyl halides is 3. The van der Waals surface area contributed by atoms with Crippen LogP contribution in [-0.4, -0.2) is 24.5 Å². The molecule has 0 amide bonds. The van der Waals surface area contributed by atoms with Crippen molar-refractivity contribution in [3.8, 4) is 0 Å². The van der Waals surface area contributed by atoms with E-state index in [0.29, 0.717) is 19.0 Å². The molecule has 0 unspecified atom stereocenters. The number of hydrogen-bond acceptors (Lipinski definition) is 3. The first kappa shape index (κ1) is 21.7. The summed E-state index contributed by atoms with van der Waals surface area (Å²) in [5.41, 5.74) is 0.106. The van der Waals surface area contributed by atoms with Crippen molar-refractivity contribution in [2.75, 3.05) is 13.6 Å². The average Bonchev–Trinajstić information content (AvgIpc) is 2.95. The molecular formula is C16H20F3IN4S. The van der Waals surface area contributed by atoms with Crippen molar-refractivity contribution in [1.29, 1.82) is 0 Å². The van der Waals surface area contributed by atoms with Crippen molar-refractivity contribution in [2.45, 2.75) is 26.1 Å². The lowest BCUT2D eigenvalue weighted by Crippen LogP contribution is -2.37. The summed E-state index contributed by atoms with van der Waals surface area (Å²) in [7, 11) is 1.65. The molecule has 1 aromatic carbocycles. The van der Waals surface area contributed by atoms with Crippen molar-refractivity contribution in [3.05, 3.63) is 51.5 Å². The van der Waals surface area contributed by atoms with Gasteiger partial charge in [-0.15, -0.1) is 35.3 Å². The van der Waals surface area contributed by atoms with Crippen molar-refractivity contribution >= 4 is 41.3 Å². The fourth-order valence-corrected chi connectivity index (χ4v) is 2.81. The van der Waals surface area contributed by atoms with Gasteiger partial charge in [0.1, 0.15) is 0 Å². The van der Waals surface area contributed by atoms with Crippen LogP contribution in [0.2, 0.25) is 0 Å². The Labute approximate surface area is 166 Å². The molecule has 9 heteroatoms. The minimum Gasteiger partial charge on any atom is -0.356 e. The van der Waals surface area contributed by atoms with Crippen molar-refractivity contribution in [1.82, 2.24) is 15.6 Å². The molecule has 0 saturated heterocycles. The minimum absolute atomic E-state index is 0. The lowest BCUT2D eigenvalue weighted by atomic mass is 10.1. The smallest absolute Gasteiger partial charge is 0.356 e. The first-order valence-electron chi connectivity index (χ1n) is 7.40. The molecule has 0 bridgehead atoms. The number of thiazole rings is 1. The summed E-state index contributed by atoms with van der Waals surface area (Å²) in [6.07, 6.45) is -1.67. The van der Waals surface area contributed by atoms with E-state index in [1.165, 1.54) is 17.0 Å². The van der Waals surface area contributed by atoms with Crippen LogP contribution in [0.15, 0.2) is 35.5 Å². The lowest BCUT2D eigenvalue weighted by molar-refractivity contribution is -0.137. The molecule has 0 aliphatic rings. The predicted molar refractivity (Wildman–Crippen MR) is 106 cm³/mol. The number of benzene rings is 1. The number of nitrogens with one attached hydrogen (secondary N) is 2. The van der Waals surface area contributed by atoms with Crippen molar-refractivity contribution in [3.63, 3.8) is 0 Å². The Bertz CT molecular complexity index is 683. The van der Waals surface area contributed by atoms with E-state index in [4.69, 9.17) is 0 Å². The van der Waals surface area contributed by atoms with Gasteiger partial charge in [-0.05, 0) is 24.6 Å². The van der Waals surface area contributed by atoms with Gasteiger partial charge in [-0.2, -0.15) is 13.2 Å².